The fraction of sp³-hybridized carbons (Fsp3) is 0.278. The summed E-state index contributed by atoms with van der Waals surface area (Å²) in [5, 5.41) is 8.17. The van der Waals surface area contributed by atoms with Crippen molar-refractivity contribution in [3.05, 3.63) is 48.3 Å². The van der Waals surface area contributed by atoms with Crippen LogP contribution >= 0.6 is 0 Å². The molecule has 3 rings (SSSR count). The number of aldehydes is 1. The lowest BCUT2D eigenvalue weighted by Crippen LogP contribution is -1.81. The summed E-state index contributed by atoms with van der Waals surface area (Å²) in [4.78, 5) is 14.8. The number of hydrogen-bond acceptors (Lipinski definition) is 4. The van der Waals surface area contributed by atoms with Crippen molar-refractivity contribution in [2.24, 2.45) is 5.73 Å². The van der Waals surface area contributed by atoms with Crippen molar-refractivity contribution in [1.82, 2.24) is 15.2 Å². The molecule has 0 amide bonds. The zero-order chi connectivity index (χ0) is 17.7. The largest absolute Gasteiger partial charge is 0.333 e. The molecule has 0 aliphatic rings. The Balaban J connectivity index is 0.000000728. The van der Waals surface area contributed by atoms with Crippen LogP contribution in [-0.2, 0) is 0 Å². The molecule has 0 atom stereocenters. The molecule has 2 aromatic heterocycles. The third-order valence-electron chi connectivity index (χ3n) is 2.68. The van der Waals surface area contributed by atoms with E-state index in [1.807, 2.05) is 52.0 Å². The standard InChI is InChI=1S/C13H9N3O.2C2H6.CH5N/c17-8-9-1-2-12-11(7-9)13(16-15-12)10-3-5-14-6-4-10;3*1-2/h1-8H,(H,15,16);2*1-2H3;2H2,1H3. The lowest BCUT2D eigenvalue weighted by molar-refractivity contribution is 0.112. The maximum absolute atomic E-state index is 10.8. The number of carbonyl (C=O) groups excluding carboxylic acids is 1. The Kier molecular flexibility index (Phi) is 10.7. The van der Waals surface area contributed by atoms with Crippen LogP contribution in [0.2, 0.25) is 0 Å². The molecule has 3 N–H and O–H groups in total. The van der Waals surface area contributed by atoms with Crippen LogP contribution in [0.15, 0.2) is 42.7 Å². The first kappa shape index (κ1) is 20.5. The van der Waals surface area contributed by atoms with Gasteiger partial charge in [-0.3, -0.25) is 14.9 Å². The van der Waals surface area contributed by atoms with Crippen molar-refractivity contribution in [2.45, 2.75) is 27.7 Å². The summed E-state index contributed by atoms with van der Waals surface area (Å²) in [7, 11) is 1.50. The number of hydrogen-bond donors (Lipinski definition) is 2. The molecule has 23 heavy (non-hydrogen) atoms. The summed E-state index contributed by atoms with van der Waals surface area (Å²) >= 11 is 0. The Morgan fingerprint density at radius 1 is 1.00 bits per heavy atom. The molecule has 0 saturated carbocycles. The molecule has 0 spiro atoms. The summed E-state index contributed by atoms with van der Waals surface area (Å²) in [5.41, 5.74) is 7.89. The van der Waals surface area contributed by atoms with Crippen LogP contribution in [-0.4, -0.2) is 28.5 Å². The van der Waals surface area contributed by atoms with Crippen LogP contribution in [0.4, 0.5) is 0 Å². The maximum Gasteiger partial charge on any atom is 0.150 e. The number of nitrogens with two attached hydrogens (primary N) is 1. The molecule has 2 heterocycles. The van der Waals surface area contributed by atoms with Gasteiger partial charge in [-0.25, -0.2) is 0 Å². The minimum atomic E-state index is 0.647. The molecular weight excluding hydrogens is 288 g/mol. The van der Waals surface area contributed by atoms with Gasteiger partial charge in [0, 0.05) is 28.9 Å². The summed E-state index contributed by atoms with van der Waals surface area (Å²) in [6, 6.07) is 9.24. The van der Waals surface area contributed by atoms with Gasteiger partial charge >= 0.3 is 0 Å². The van der Waals surface area contributed by atoms with Gasteiger partial charge in [0.15, 0.2) is 0 Å². The van der Waals surface area contributed by atoms with Gasteiger partial charge in [0.2, 0.25) is 0 Å². The maximum atomic E-state index is 10.8. The molecule has 0 bridgehead atoms. The first-order chi connectivity index (χ1) is 11.4. The zero-order valence-corrected chi connectivity index (χ0v) is 14.5. The first-order valence-corrected chi connectivity index (χ1v) is 7.80. The van der Waals surface area contributed by atoms with Crippen LogP contribution < -0.4 is 5.73 Å². The van der Waals surface area contributed by atoms with Gasteiger partial charge in [-0.15, -0.1) is 0 Å². The van der Waals surface area contributed by atoms with E-state index in [1.54, 1.807) is 18.5 Å². The van der Waals surface area contributed by atoms with Crippen LogP contribution in [0.25, 0.3) is 22.2 Å². The normalized spacial score (nSPS) is 8.61. The third-order valence-corrected chi connectivity index (χ3v) is 2.68. The highest BCUT2D eigenvalue weighted by molar-refractivity contribution is 5.96. The van der Waals surface area contributed by atoms with Crippen LogP contribution in [0, 0.1) is 0 Å². The van der Waals surface area contributed by atoms with Crippen molar-refractivity contribution >= 4 is 17.2 Å². The predicted octanol–water partition coefficient (Wildman–Crippen LogP) is 4.06. The quantitative estimate of drug-likeness (QED) is 0.698. The van der Waals surface area contributed by atoms with Gasteiger partial charge in [0.25, 0.3) is 0 Å². The summed E-state index contributed by atoms with van der Waals surface area (Å²) in [6.07, 6.45) is 4.28. The van der Waals surface area contributed by atoms with Crippen molar-refractivity contribution in [2.75, 3.05) is 7.05 Å². The number of pyridine rings is 1. The zero-order valence-electron chi connectivity index (χ0n) is 14.5. The van der Waals surface area contributed by atoms with E-state index < -0.39 is 0 Å². The second-order valence-corrected chi connectivity index (χ2v) is 3.73. The number of aromatic nitrogens is 3. The lowest BCUT2D eigenvalue weighted by atomic mass is 10.1. The second kappa shape index (κ2) is 12.1. The van der Waals surface area contributed by atoms with Crippen LogP contribution in [0.3, 0.4) is 0 Å². The summed E-state index contributed by atoms with van der Waals surface area (Å²) < 4.78 is 0. The predicted molar refractivity (Wildman–Crippen MR) is 97.5 cm³/mol. The van der Waals surface area contributed by atoms with Gasteiger partial charge in [-0.2, -0.15) is 5.10 Å². The fourth-order valence-corrected chi connectivity index (χ4v) is 1.83. The molecule has 0 fully saturated rings. The average Bonchev–Trinajstić information content (AvgIpc) is 3.10. The molecule has 5 nitrogen and oxygen atoms in total. The van der Waals surface area contributed by atoms with Crippen molar-refractivity contribution in [3.63, 3.8) is 0 Å². The third kappa shape index (κ3) is 5.30. The highest BCUT2D eigenvalue weighted by Crippen LogP contribution is 2.26. The average molecular weight is 314 g/mol. The van der Waals surface area contributed by atoms with Crippen LogP contribution in [0.1, 0.15) is 38.1 Å². The van der Waals surface area contributed by atoms with Crippen molar-refractivity contribution in [3.8, 4) is 11.3 Å². The topological polar surface area (TPSA) is 84.7 Å². The second-order valence-electron chi connectivity index (χ2n) is 3.73. The number of aromatic amines is 1. The number of nitrogens with one attached hydrogen (secondary N) is 1. The molecule has 0 saturated heterocycles. The smallest absolute Gasteiger partial charge is 0.150 e. The van der Waals surface area contributed by atoms with Crippen molar-refractivity contribution < 1.29 is 4.79 Å². The first-order valence-electron chi connectivity index (χ1n) is 7.80. The summed E-state index contributed by atoms with van der Waals surface area (Å²) in [5.74, 6) is 0. The highest BCUT2D eigenvalue weighted by atomic mass is 16.1. The molecule has 124 valence electrons. The molecule has 3 aromatic rings. The SMILES string of the molecule is CC.CC.CN.O=Cc1ccc2[nH]nc(-c3ccncc3)c2c1. The fourth-order valence-electron chi connectivity index (χ4n) is 1.83. The van der Waals surface area contributed by atoms with E-state index in [4.69, 9.17) is 0 Å². The molecular formula is C18H26N4O. The Labute approximate surface area is 137 Å². The van der Waals surface area contributed by atoms with Gasteiger partial charge in [-0.05, 0) is 37.4 Å². The Morgan fingerprint density at radius 3 is 2.17 bits per heavy atom. The number of rotatable bonds is 2. The van der Waals surface area contributed by atoms with E-state index in [2.05, 4.69) is 20.9 Å². The van der Waals surface area contributed by atoms with E-state index >= 15 is 0 Å². The number of H-pyrrole nitrogens is 1. The van der Waals surface area contributed by atoms with Crippen LogP contribution in [0.5, 0.6) is 0 Å². The number of fused-ring (bicyclic) bond motifs is 1. The molecule has 0 radical (unpaired) electrons. The highest BCUT2D eigenvalue weighted by Gasteiger charge is 2.08. The molecule has 0 unspecified atom stereocenters. The van der Waals surface area contributed by atoms with Gasteiger partial charge in [-0.1, -0.05) is 27.7 Å². The Morgan fingerprint density at radius 2 is 1.61 bits per heavy atom. The minimum Gasteiger partial charge on any atom is -0.333 e. The Hall–Kier alpha value is -2.53. The molecule has 0 aliphatic heterocycles. The molecule has 5 heteroatoms. The minimum absolute atomic E-state index is 0.647. The lowest BCUT2D eigenvalue weighted by Gasteiger charge is -1.97. The van der Waals surface area contributed by atoms with Gasteiger partial charge in [0.1, 0.15) is 12.0 Å². The van der Waals surface area contributed by atoms with E-state index in [0.29, 0.717) is 5.56 Å². The summed E-state index contributed by atoms with van der Waals surface area (Å²) in [6.45, 7) is 8.00. The monoisotopic (exact) mass is 314 g/mol. The van der Waals surface area contributed by atoms with Gasteiger partial charge in [0.05, 0.1) is 5.52 Å². The number of benzene rings is 1. The van der Waals surface area contributed by atoms with E-state index in [-0.39, 0.29) is 0 Å². The van der Waals surface area contributed by atoms with E-state index in [1.165, 1.54) is 7.05 Å². The molecule has 1 aromatic carbocycles. The van der Waals surface area contributed by atoms with Gasteiger partial charge < -0.3 is 5.73 Å². The van der Waals surface area contributed by atoms with E-state index in [0.717, 1.165) is 28.4 Å². The van der Waals surface area contributed by atoms with Crippen molar-refractivity contribution in [1.29, 1.82) is 0 Å². The molecule has 0 aliphatic carbocycles. The number of carbonyl (C=O) groups is 1. The Bertz CT molecular complexity index is 678. The number of nitrogens with zero attached hydrogens (tertiary/aromatic N) is 2. The van der Waals surface area contributed by atoms with E-state index in [9.17, 15) is 4.79 Å².